The second kappa shape index (κ2) is 8.35. The molecule has 1 rings (SSSR count). The van der Waals surface area contributed by atoms with Gasteiger partial charge in [-0.15, -0.1) is 0 Å². The Hall–Kier alpha value is -1.85. The molecule has 6 heteroatoms. The zero-order valence-corrected chi connectivity index (χ0v) is 12.7. The molecule has 0 atom stereocenters. The van der Waals surface area contributed by atoms with Crippen molar-refractivity contribution in [1.29, 1.82) is 0 Å². The molecule has 0 saturated carbocycles. The predicted octanol–water partition coefficient (Wildman–Crippen LogP) is 2.28. The third-order valence-electron chi connectivity index (χ3n) is 2.76. The van der Waals surface area contributed by atoms with E-state index in [1.165, 1.54) is 0 Å². The molecule has 0 unspecified atom stereocenters. The van der Waals surface area contributed by atoms with Gasteiger partial charge in [0, 0.05) is 25.1 Å². The molecule has 0 aliphatic heterocycles. The maximum absolute atomic E-state index is 11.2. The Morgan fingerprint density at radius 2 is 1.80 bits per heavy atom. The van der Waals surface area contributed by atoms with E-state index in [1.807, 2.05) is 27.7 Å². The van der Waals surface area contributed by atoms with Gasteiger partial charge in [0.05, 0.1) is 6.61 Å². The maximum atomic E-state index is 11.2. The Balaban J connectivity index is 2.53. The lowest BCUT2D eigenvalue weighted by Crippen LogP contribution is -2.12. The highest BCUT2D eigenvalue weighted by atomic mass is 16.5. The molecule has 0 radical (unpaired) electrons. The predicted molar refractivity (Wildman–Crippen MR) is 80.0 cm³/mol. The molecule has 1 aromatic heterocycles. The molecule has 0 saturated heterocycles. The number of carbonyl (C=O) groups is 1. The van der Waals surface area contributed by atoms with Crippen LogP contribution in [0.1, 0.15) is 38.1 Å². The number of nitrogens with one attached hydrogen (secondary N) is 2. The van der Waals surface area contributed by atoms with E-state index >= 15 is 0 Å². The van der Waals surface area contributed by atoms with E-state index in [4.69, 9.17) is 4.74 Å². The van der Waals surface area contributed by atoms with Gasteiger partial charge in [-0.25, -0.2) is 9.97 Å². The number of ether oxygens (including phenoxy) is 1. The lowest BCUT2D eigenvalue weighted by Gasteiger charge is -2.13. The van der Waals surface area contributed by atoms with Crippen molar-refractivity contribution >= 4 is 17.6 Å². The molecule has 6 nitrogen and oxygen atoms in total. The van der Waals surface area contributed by atoms with Crippen molar-refractivity contribution in [3.8, 4) is 0 Å². The average molecular weight is 280 g/mol. The number of carbonyl (C=O) groups excluding carboxylic acids is 1. The van der Waals surface area contributed by atoms with Gasteiger partial charge in [-0.05, 0) is 34.1 Å². The molecule has 0 fully saturated rings. The fourth-order valence-electron chi connectivity index (χ4n) is 1.81. The van der Waals surface area contributed by atoms with Gasteiger partial charge in [-0.1, -0.05) is 0 Å². The number of aryl methyl sites for hydroxylation is 1. The van der Waals surface area contributed by atoms with Gasteiger partial charge in [0.25, 0.3) is 0 Å². The standard InChI is InChI=1S/C14H24N4O2/c1-5-15-13-10(3)14(18-11(4)17-13)16-9-7-8-12(19)20-6-2/h5-9H2,1-4H3,(H2,15,16,17,18). The van der Waals surface area contributed by atoms with E-state index in [9.17, 15) is 4.79 Å². The van der Waals surface area contributed by atoms with Gasteiger partial charge in [-0.3, -0.25) is 4.79 Å². The summed E-state index contributed by atoms with van der Waals surface area (Å²) < 4.78 is 4.89. The Bertz CT molecular complexity index is 449. The van der Waals surface area contributed by atoms with Crippen molar-refractivity contribution in [3.63, 3.8) is 0 Å². The first-order valence-corrected chi connectivity index (χ1v) is 7.07. The summed E-state index contributed by atoms with van der Waals surface area (Å²) in [5, 5.41) is 6.47. The summed E-state index contributed by atoms with van der Waals surface area (Å²) in [5.41, 5.74) is 0.994. The largest absolute Gasteiger partial charge is 0.466 e. The first-order valence-electron chi connectivity index (χ1n) is 7.07. The molecular weight excluding hydrogens is 256 g/mol. The zero-order valence-electron chi connectivity index (χ0n) is 12.7. The van der Waals surface area contributed by atoms with Gasteiger partial charge in [0.2, 0.25) is 0 Å². The first-order chi connectivity index (χ1) is 9.58. The lowest BCUT2D eigenvalue weighted by atomic mass is 10.2. The second-order valence-electron chi connectivity index (χ2n) is 4.46. The fourth-order valence-corrected chi connectivity index (χ4v) is 1.81. The second-order valence-corrected chi connectivity index (χ2v) is 4.46. The fraction of sp³-hybridized carbons (Fsp3) is 0.643. The summed E-state index contributed by atoms with van der Waals surface area (Å²) >= 11 is 0. The quantitative estimate of drug-likeness (QED) is 0.562. The van der Waals surface area contributed by atoms with Crippen LogP contribution in [0.4, 0.5) is 11.6 Å². The van der Waals surface area contributed by atoms with Crippen molar-refractivity contribution in [2.45, 2.75) is 40.5 Å². The smallest absolute Gasteiger partial charge is 0.305 e. The number of esters is 1. The van der Waals surface area contributed by atoms with Crippen molar-refractivity contribution in [2.24, 2.45) is 0 Å². The molecule has 0 aromatic carbocycles. The normalized spacial score (nSPS) is 10.2. The van der Waals surface area contributed by atoms with Crippen LogP contribution in [0, 0.1) is 13.8 Å². The summed E-state index contributed by atoms with van der Waals surface area (Å²) in [4.78, 5) is 20.0. The Labute approximate surface area is 120 Å². The summed E-state index contributed by atoms with van der Waals surface area (Å²) in [5.74, 6) is 2.24. The highest BCUT2D eigenvalue weighted by molar-refractivity contribution is 5.69. The van der Waals surface area contributed by atoms with E-state index in [2.05, 4.69) is 20.6 Å². The van der Waals surface area contributed by atoms with Gasteiger partial charge in [-0.2, -0.15) is 0 Å². The minimum absolute atomic E-state index is 0.154. The van der Waals surface area contributed by atoms with Crippen LogP contribution in [0.5, 0.6) is 0 Å². The Kier molecular flexibility index (Phi) is 6.76. The van der Waals surface area contributed by atoms with E-state index in [0.717, 1.165) is 36.0 Å². The molecule has 112 valence electrons. The number of rotatable bonds is 8. The van der Waals surface area contributed by atoms with E-state index in [-0.39, 0.29) is 5.97 Å². The van der Waals surface area contributed by atoms with Crippen LogP contribution in [-0.4, -0.2) is 35.6 Å². The minimum atomic E-state index is -0.154. The van der Waals surface area contributed by atoms with Crippen LogP contribution in [0.2, 0.25) is 0 Å². The molecular formula is C14H24N4O2. The SMILES string of the molecule is CCNc1nc(C)nc(NCCCC(=O)OCC)c1C. The van der Waals surface area contributed by atoms with Crippen molar-refractivity contribution < 1.29 is 9.53 Å². The summed E-state index contributed by atoms with van der Waals surface area (Å²) in [6.07, 6.45) is 1.14. The van der Waals surface area contributed by atoms with E-state index in [0.29, 0.717) is 19.6 Å². The van der Waals surface area contributed by atoms with Crippen LogP contribution >= 0.6 is 0 Å². The molecule has 0 aliphatic carbocycles. The maximum Gasteiger partial charge on any atom is 0.305 e. The van der Waals surface area contributed by atoms with E-state index in [1.54, 1.807) is 0 Å². The minimum Gasteiger partial charge on any atom is -0.466 e. The van der Waals surface area contributed by atoms with Crippen molar-refractivity contribution in [1.82, 2.24) is 9.97 Å². The average Bonchev–Trinajstić information content (AvgIpc) is 2.40. The molecule has 1 heterocycles. The van der Waals surface area contributed by atoms with Gasteiger partial charge in [0.15, 0.2) is 0 Å². The van der Waals surface area contributed by atoms with Crippen LogP contribution in [0.25, 0.3) is 0 Å². The number of aromatic nitrogens is 2. The number of anilines is 2. The molecule has 20 heavy (non-hydrogen) atoms. The van der Waals surface area contributed by atoms with Crippen LogP contribution in [0.3, 0.4) is 0 Å². The third-order valence-corrected chi connectivity index (χ3v) is 2.76. The van der Waals surface area contributed by atoms with Gasteiger partial charge < -0.3 is 15.4 Å². The third kappa shape index (κ3) is 5.03. The summed E-state index contributed by atoms with van der Waals surface area (Å²) in [6.45, 7) is 9.62. The van der Waals surface area contributed by atoms with Gasteiger partial charge >= 0.3 is 5.97 Å². The molecule has 0 aliphatic rings. The van der Waals surface area contributed by atoms with E-state index < -0.39 is 0 Å². The molecule has 0 bridgehead atoms. The van der Waals surface area contributed by atoms with Crippen LogP contribution in [-0.2, 0) is 9.53 Å². The molecule has 0 spiro atoms. The van der Waals surface area contributed by atoms with Crippen molar-refractivity contribution in [3.05, 3.63) is 11.4 Å². The number of nitrogens with zero attached hydrogens (tertiary/aromatic N) is 2. The molecule has 0 amide bonds. The monoisotopic (exact) mass is 280 g/mol. The number of hydrogen-bond donors (Lipinski definition) is 2. The zero-order chi connectivity index (χ0) is 15.0. The highest BCUT2D eigenvalue weighted by Gasteiger charge is 2.08. The first kappa shape index (κ1) is 16.2. The Morgan fingerprint density at radius 1 is 1.15 bits per heavy atom. The summed E-state index contributed by atoms with van der Waals surface area (Å²) in [6, 6.07) is 0. The van der Waals surface area contributed by atoms with Gasteiger partial charge in [0.1, 0.15) is 17.5 Å². The van der Waals surface area contributed by atoms with Crippen LogP contribution < -0.4 is 10.6 Å². The van der Waals surface area contributed by atoms with Crippen LogP contribution in [0.15, 0.2) is 0 Å². The van der Waals surface area contributed by atoms with Crippen molar-refractivity contribution in [2.75, 3.05) is 30.3 Å². The molecule has 2 N–H and O–H groups in total. The summed E-state index contributed by atoms with van der Waals surface area (Å²) in [7, 11) is 0. The molecule has 1 aromatic rings. The highest BCUT2D eigenvalue weighted by Crippen LogP contribution is 2.19. The number of hydrogen-bond acceptors (Lipinski definition) is 6. The Morgan fingerprint density at radius 3 is 2.40 bits per heavy atom. The topological polar surface area (TPSA) is 76.1 Å². The lowest BCUT2D eigenvalue weighted by molar-refractivity contribution is -0.143.